The maximum atomic E-state index is 13.0. The molecule has 4 heterocycles. The number of piperazine rings is 1. The standard InChI is InChI=1S/C25H22N6O4/c32-24-20-4-1-9-26-21(20)25(33)23-22(24)27-31(34)30(23)15-17-5-7-18(8-6-17)29-12-10-28(11-13-29)16-19-3-2-14-35-19/h1-9,14H,10-13,15-16H2. The van der Waals surface area contributed by atoms with E-state index in [1.54, 1.807) is 12.3 Å². The summed E-state index contributed by atoms with van der Waals surface area (Å²) in [7, 11) is 0. The fraction of sp³-hybridized carbons (Fsp3) is 0.240. The normalized spacial score (nSPS) is 15.8. The Morgan fingerprint density at radius 2 is 1.71 bits per heavy atom. The van der Waals surface area contributed by atoms with Crippen LogP contribution in [0.2, 0.25) is 0 Å². The average Bonchev–Trinajstić information content (AvgIpc) is 3.52. The summed E-state index contributed by atoms with van der Waals surface area (Å²) in [6.07, 6.45) is 3.15. The molecule has 10 heteroatoms. The second-order valence-corrected chi connectivity index (χ2v) is 8.67. The van der Waals surface area contributed by atoms with Crippen LogP contribution in [0, 0.1) is 5.21 Å². The Bertz CT molecular complexity index is 1400. The lowest BCUT2D eigenvalue weighted by molar-refractivity contribution is -0.748. The van der Waals surface area contributed by atoms with Gasteiger partial charge in [-0.1, -0.05) is 12.1 Å². The number of carbonyl (C=O) groups is 2. The van der Waals surface area contributed by atoms with Crippen molar-refractivity contribution in [3.05, 3.63) is 100 Å². The zero-order valence-electron chi connectivity index (χ0n) is 18.8. The van der Waals surface area contributed by atoms with Crippen molar-refractivity contribution in [2.24, 2.45) is 0 Å². The lowest BCUT2D eigenvalue weighted by Gasteiger charge is -2.35. The third-order valence-electron chi connectivity index (χ3n) is 6.54. The molecule has 2 aliphatic rings. The number of rotatable bonds is 5. The second-order valence-electron chi connectivity index (χ2n) is 8.67. The van der Waals surface area contributed by atoms with Gasteiger partial charge in [0.15, 0.2) is 5.69 Å². The molecule has 0 saturated carbocycles. The first-order chi connectivity index (χ1) is 17.1. The van der Waals surface area contributed by atoms with Crippen LogP contribution in [-0.2, 0) is 13.1 Å². The van der Waals surface area contributed by atoms with Gasteiger partial charge in [-0.25, -0.2) is 0 Å². The van der Waals surface area contributed by atoms with E-state index in [-0.39, 0.29) is 29.2 Å². The van der Waals surface area contributed by atoms with Crippen LogP contribution in [0.4, 0.5) is 5.69 Å². The van der Waals surface area contributed by atoms with Crippen molar-refractivity contribution >= 4 is 17.3 Å². The Morgan fingerprint density at radius 3 is 2.46 bits per heavy atom. The first kappa shape index (κ1) is 21.2. The fourth-order valence-electron chi connectivity index (χ4n) is 4.69. The molecule has 1 aliphatic heterocycles. The van der Waals surface area contributed by atoms with E-state index in [2.05, 4.69) is 19.9 Å². The first-order valence-corrected chi connectivity index (χ1v) is 11.4. The third kappa shape index (κ3) is 3.77. The highest BCUT2D eigenvalue weighted by Gasteiger charge is 2.40. The molecule has 1 fully saturated rings. The van der Waals surface area contributed by atoms with Gasteiger partial charge in [-0.2, -0.15) is 0 Å². The quantitative estimate of drug-likeness (QED) is 0.282. The Balaban J connectivity index is 1.17. The second kappa shape index (κ2) is 8.48. The number of aromatic nitrogens is 4. The molecule has 0 N–H and O–H groups in total. The van der Waals surface area contributed by atoms with Crippen molar-refractivity contribution in [2.45, 2.75) is 13.1 Å². The van der Waals surface area contributed by atoms with Crippen LogP contribution in [0.1, 0.15) is 43.6 Å². The third-order valence-corrected chi connectivity index (χ3v) is 6.54. The fourth-order valence-corrected chi connectivity index (χ4v) is 4.69. The SMILES string of the molecule is O=C1c2cccnc2C(=O)c2c1n[n+]([O-])n2Cc1ccc(N2CCN(Cc3ccco3)CC2)cc1. The number of hydrogen-bond acceptors (Lipinski definition) is 8. The molecule has 1 aromatic carbocycles. The van der Waals surface area contributed by atoms with Crippen LogP contribution < -0.4 is 9.86 Å². The molecule has 35 heavy (non-hydrogen) atoms. The van der Waals surface area contributed by atoms with E-state index >= 15 is 0 Å². The molecular weight excluding hydrogens is 448 g/mol. The van der Waals surface area contributed by atoms with Crippen LogP contribution in [0.5, 0.6) is 0 Å². The topological polar surface area (TPSA) is 111 Å². The van der Waals surface area contributed by atoms with E-state index in [0.717, 1.165) is 49.7 Å². The Hall–Kier alpha value is -4.31. The Morgan fingerprint density at radius 1 is 0.914 bits per heavy atom. The molecule has 10 nitrogen and oxygen atoms in total. The van der Waals surface area contributed by atoms with E-state index in [4.69, 9.17) is 4.42 Å². The highest BCUT2D eigenvalue weighted by atomic mass is 16.5. The van der Waals surface area contributed by atoms with Crippen LogP contribution in [0.15, 0.2) is 65.4 Å². The lowest BCUT2D eigenvalue weighted by atomic mass is 9.94. The minimum absolute atomic E-state index is 0.0204. The first-order valence-electron chi connectivity index (χ1n) is 11.4. The van der Waals surface area contributed by atoms with E-state index < -0.39 is 11.6 Å². The molecular formula is C25H22N6O4. The molecule has 176 valence electrons. The monoisotopic (exact) mass is 470 g/mol. The van der Waals surface area contributed by atoms with Gasteiger partial charge in [0, 0.05) is 48.1 Å². The summed E-state index contributed by atoms with van der Waals surface area (Å²) < 4.78 is 6.64. The predicted octanol–water partition coefficient (Wildman–Crippen LogP) is 1.65. The van der Waals surface area contributed by atoms with Crippen LogP contribution >= 0.6 is 0 Å². The maximum absolute atomic E-state index is 13.0. The van der Waals surface area contributed by atoms with E-state index in [9.17, 15) is 14.8 Å². The Kier molecular flexibility index (Phi) is 5.14. The smallest absolute Gasteiger partial charge is 0.236 e. The van der Waals surface area contributed by atoms with Gasteiger partial charge in [0.1, 0.15) is 18.0 Å². The van der Waals surface area contributed by atoms with Crippen molar-refractivity contribution < 1.29 is 19.0 Å². The highest BCUT2D eigenvalue weighted by molar-refractivity contribution is 6.26. The van der Waals surface area contributed by atoms with Crippen molar-refractivity contribution in [1.82, 2.24) is 19.7 Å². The summed E-state index contributed by atoms with van der Waals surface area (Å²) in [6.45, 7) is 4.60. The number of anilines is 1. The number of pyridine rings is 1. The van der Waals surface area contributed by atoms with Crippen molar-refractivity contribution in [3.63, 3.8) is 0 Å². The average molecular weight is 470 g/mol. The molecule has 0 amide bonds. The molecule has 0 unspecified atom stereocenters. The number of fused-ring (bicyclic) bond motifs is 2. The minimum atomic E-state index is -0.471. The lowest BCUT2D eigenvalue weighted by Crippen LogP contribution is -2.45. The molecule has 1 saturated heterocycles. The van der Waals surface area contributed by atoms with Gasteiger partial charge in [0.05, 0.1) is 18.4 Å². The van der Waals surface area contributed by atoms with Crippen molar-refractivity contribution in [1.29, 1.82) is 0 Å². The summed E-state index contributed by atoms with van der Waals surface area (Å²) in [4.78, 5) is 34.9. The van der Waals surface area contributed by atoms with Crippen LogP contribution in [-0.4, -0.2) is 57.4 Å². The zero-order valence-corrected chi connectivity index (χ0v) is 18.8. The summed E-state index contributed by atoms with van der Waals surface area (Å²) >= 11 is 0. The van der Waals surface area contributed by atoms with Crippen molar-refractivity contribution in [2.75, 3.05) is 31.1 Å². The highest BCUT2D eigenvalue weighted by Crippen LogP contribution is 2.25. The molecule has 0 bridgehead atoms. The molecule has 0 atom stereocenters. The molecule has 0 radical (unpaired) electrons. The van der Waals surface area contributed by atoms with Crippen LogP contribution in [0.3, 0.4) is 0 Å². The maximum Gasteiger partial charge on any atom is 0.236 e. The minimum Gasteiger partial charge on any atom is -0.571 e. The van der Waals surface area contributed by atoms with Crippen molar-refractivity contribution in [3.8, 4) is 0 Å². The Labute approximate surface area is 200 Å². The number of hydrogen-bond donors (Lipinski definition) is 0. The van der Waals surface area contributed by atoms with Gasteiger partial charge < -0.3 is 14.5 Å². The molecule has 6 rings (SSSR count). The van der Waals surface area contributed by atoms with Gasteiger partial charge in [-0.3, -0.25) is 19.5 Å². The zero-order chi connectivity index (χ0) is 23.9. The summed E-state index contributed by atoms with van der Waals surface area (Å²) in [5.74, 6) is 0.0356. The number of ketones is 2. The largest absolute Gasteiger partial charge is 0.571 e. The van der Waals surface area contributed by atoms with Gasteiger partial charge in [-0.15, -0.1) is 4.68 Å². The van der Waals surface area contributed by atoms with E-state index in [0.29, 0.717) is 4.96 Å². The number of carbonyl (C=O) groups excluding carboxylic acids is 2. The number of nitrogens with zero attached hydrogens (tertiary/aromatic N) is 6. The summed E-state index contributed by atoms with van der Waals surface area (Å²) in [5, 5.41) is 16.3. The predicted molar refractivity (Wildman–Crippen MR) is 124 cm³/mol. The number of furan rings is 1. The van der Waals surface area contributed by atoms with Gasteiger partial charge in [0.25, 0.3) is 0 Å². The molecule has 4 aromatic rings. The van der Waals surface area contributed by atoms with Gasteiger partial charge in [-0.05, 0) is 42.0 Å². The van der Waals surface area contributed by atoms with Gasteiger partial charge in [0.2, 0.25) is 17.3 Å². The molecule has 1 aliphatic carbocycles. The van der Waals surface area contributed by atoms with E-state index in [1.165, 1.54) is 16.9 Å². The molecule has 0 spiro atoms. The molecule has 3 aromatic heterocycles. The van der Waals surface area contributed by atoms with Crippen LogP contribution in [0.25, 0.3) is 0 Å². The van der Waals surface area contributed by atoms with Gasteiger partial charge >= 0.3 is 0 Å². The summed E-state index contributed by atoms with van der Waals surface area (Å²) in [5.41, 5.74) is 1.99. The summed E-state index contributed by atoms with van der Waals surface area (Å²) in [6, 6.07) is 14.9. The number of benzene rings is 1. The van der Waals surface area contributed by atoms with E-state index in [1.807, 2.05) is 36.4 Å².